The van der Waals surface area contributed by atoms with E-state index in [0.29, 0.717) is 17.1 Å². The summed E-state index contributed by atoms with van der Waals surface area (Å²) in [5.74, 6) is -0.266. The molecular formula is C12H15F2NOS. The van der Waals surface area contributed by atoms with Gasteiger partial charge in [0.15, 0.2) is 0 Å². The normalized spacial score (nSPS) is 28.0. The van der Waals surface area contributed by atoms with Crippen molar-refractivity contribution >= 4 is 10.8 Å². The van der Waals surface area contributed by atoms with Crippen molar-refractivity contribution in [3.05, 3.63) is 35.4 Å². The van der Waals surface area contributed by atoms with Gasteiger partial charge in [-0.25, -0.2) is 8.78 Å². The number of nitrogens with one attached hydrogen (secondary N) is 1. The lowest BCUT2D eigenvalue weighted by molar-refractivity contribution is 0.362. The van der Waals surface area contributed by atoms with E-state index in [9.17, 15) is 13.0 Å². The average Bonchev–Trinajstić information content (AvgIpc) is 2.13. The highest BCUT2D eigenvalue weighted by Crippen LogP contribution is 2.26. The van der Waals surface area contributed by atoms with E-state index in [2.05, 4.69) is 5.32 Å². The molecule has 0 radical (unpaired) electrons. The monoisotopic (exact) mass is 259 g/mol. The molecule has 17 heavy (non-hydrogen) atoms. The summed E-state index contributed by atoms with van der Waals surface area (Å²) in [5.41, 5.74) is 0.0849. The molecular weight excluding hydrogens is 244 g/mol. The van der Waals surface area contributed by atoms with Crippen LogP contribution in [0.15, 0.2) is 18.2 Å². The lowest BCUT2D eigenvalue weighted by atomic mass is 10.0. The van der Waals surface area contributed by atoms with Gasteiger partial charge in [-0.3, -0.25) is 4.21 Å². The molecule has 1 N–H and O–H groups in total. The molecule has 94 valence electrons. The third kappa shape index (κ3) is 2.90. The maximum Gasteiger partial charge on any atom is 0.130 e. The van der Waals surface area contributed by atoms with Crippen LogP contribution >= 0.6 is 0 Å². The van der Waals surface area contributed by atoms with Gasteiger partial charge < -0.3 is 5.32 Å². The molecule has 0 aromatic heterocycles. The molecule has 1 aromatic rings. The number of halogens is 2. The minimum absolute atomic E-state index is 0.297. The van der Waals surface area contributed by atoms with E-state index >= 15 is 0 Å². The maximum atomic E-state index is 13.6. The Morgan fingerprint density at radius 2 is 2.12 bits per heavy atom. The van der Waals surface area contributed by atoms with E-state index in [1.807, 2.05) is 13.8 Å². The van der Waals surface area contributed by atoms with Crippen LogP contribution in [0.4, 0.5) is 8.78 Å². The van der Waals surface area contributed by atoms with Crippen LogP contribution in [0.1, 0.15) is 25.5 Å². The molecule has 5 heteroatoms. The quantitative estimate of drug-likeness (QED) is 0.837. The summed E-state index contributed by atoms with van der Waals surface area (Å²) in [6, 6.07) is 3.19. The number of rotatable bonds is 1. The lowest BCUT2D eigenvalue weighted by Crippen LogP contribution is -2.52. The van der Waals surface area contributed by atoms with E-state index in [-0.39, 0.29) is 11.6 Å². The summed E-state index contributed by atoms with van der Waals surface area (Å²) in [6.07, 6.45) is 0. The van der Waals surface area contributed by atoms with Gasteiger partial charge in [0.25, 0.3) is 0 Å². The first kappa shape index (κ1) is 12.6. The molecule has 2 atom stereocenters. The van der Waals surface area contributed by atoms with Crippen LogP contribution in [-0.2, 0) is 10.8 Å². The zero-order valence-corrected chi connectivity index (χ0v) is 10.6. The SMILES string of the molecule is CC1(C)CS(=O)CC(c2ccc(F)cc2F)N1. The smallest absolute Gasteiger partial charge is 0.130 e. The van der Waals surface area contributed by atoms with Gasteiger partial charge in [-0.1, -0.05) is 6.07 Å². The molecule has 2 rings (SSSR count). The second-order valence-electron chi connectivity index (χ2n) is 5.00. The van der Waals surface area contributed by atoms with Crippen LogP contribution in [0.25, 0.3) is 0 Å². The minimum Gasteiger partial charge on any atom is -0.303 e. The Kier molecular flexibility index (Phi) is 3.32. The van der Waals surface area contributed by atoms with Gasteiger partial charge in [0.1, 0.15) is 11.6 Å². The lowest BCUT2D eigenvalue weighted by Gasteiger charge is -2.36. The third-order valence-electron chi connectivity index (χ3n) is 2.78. The topological polar surface area (TPSA) is 29.1 Å². The second-order valence-corrected chi connectivity index (χ2v) is 6.50. The zero-order chi connectivity index (χ0) is 12.6. The largest absolute Gasteiger partial charge is 0.303 e. The molecule has 0 bridgehead atoms. The molecule has 1 fully saturated rings. The fourth-order valence-corrected chi connectivity index (χ4v) is 3.79. The second kappa shape index (κ2) is 4.46. The van der Waals surface area contributed by atoms with Crippen molar-refractivity contribution in [3.8, 4) is 0 Å². The standard InChI is InChI=1S/C12H15F2NOS/c1-12(2)7-17(16)6-11(15-12)9-4-3-8(13)5-10(9)14/h3-5,11,15H,6-7H2,1-2H3. The van der Waals surface area contributed by atoms with Crippen molar-refractivity contribution in [2.75, 3.05) is 11.5 Å². The first-order chi connectivity index (χ1) is 7.87. The zero-order valence-electron chi connectivity index (χ0n) is 9.80. The van der Waals surface area contributed by atoms with Crippen LogP contribution in [0, 0.1) is 11.6 Å². The Bertz CT molecular complexity index is 462. The molecule has 0 aliphatic carbocycles. The molecule has 0 amide bonds. The van der Waals surface area contributed by atoms with E-state index in [4.69, 9.17) is 0 Å². The van der Waals surface area contributed by atoms with Crippen LogP contribution in [-0.4, -0.2) is 21.3 Å². The Morgan fingerprint density at radius 1 is 1.41 bits per heavy atom. The van der Waals surface area contributed by atoms with Gasteiger partial charge in [-0.2, -0.15) is 0 Å². The highest BCUT2D eigenvalue weighted by atomic mass is 32.2. The van der Waals surface area contributed by atoms with Crippen molar-refractivity contribution in [1.29, 1.82) is 0 Å². The van der Waals surface area contributed by atoms with Crippen LogP contribution in [0.3, 0.4) is 0 Å². The molecule has 1 saturated heterocycles. The maximum absolute atomic E-state index is 13.6. The van der Waals surface area contributed by atoms with E-state index < -0.39 is 22.4 Å². The predicted octanol–water partition coefficient (Wildman–Crippen LogP) is 2.14. The molecule has 2 nitrogen and oxygen atoms in total. The average molecular weight is 259 g/mol. The van der Waals surface area contributed by atoms with Gasteiger partial charge >= 0.3 is 0 Å². The summed E-state index contributed by atoms with van der Waals surface area (Å²) >= 11 is 0. The Balaban J connectivity index is 2.30. The molecule has 0 saturated carbocycles. The van der Waals surface area contributed by atoms with Crippen molar-refractivity contribution in [2.45, 2.75) is 25.4 Å². The first-order valence-electron chi connectivity index (χ1n) is 5.45. The highest BCUT2D eigenvalue weighted by Gasteiger charge is 2.33. The fourth-order valence-electron chi connectivity index (χ4n) is 2.15. The molecule has 2 unspecified atom stereocenters. The molecule has 0 spiro atoms. The van der Waals surface area contributed by atoms with Gasteiger partial charge in [0.05, 0.1) is 0 Å². The Morgan fingerprint density at radius 3 is 2.71 bits per heavy atom. The minimum atomic E-state index is -0.977. The van der Waals surface area contributed by atoms with Crippen molar-refractivity contribution < 1.29 is 13.0 Å². The summed E-state index contributed by atoms with van der Waals surface area (Å²) in [5, 5.41) is 3.24. The van der Waals surface area contributed by atoms with Crippen LogP contribution < -0.4 is 5.32 Å². The summed E-state index contributed by atoms with van der Waals surface area (Å²) in [6.45, 7) is 3.86. The van der Waals surface area contributed by atoms with E-state index in [0.717, 1.165) is 6.07 Å². The van der Waals surface area contributed by atoms with Crippen LogP contribution in [0.2, 0.25) is 0 Å². The summed E-state index contributed by atoms with van der Waals surface area (Å²) < 4.78 is 38.2. The van der Waals surface area contributed by atoms with E-state index in [1.54, 1.807) is 0 Å². The Hall–Kier alpha value is -0.810. The molecule has 1 heterocycles. The van der Waals surface area contributed by atoms with Gasteiger partial charge in [-0.15, -0.1) is 0 Å². The third-order valence-corrected chi connectivity index (χ3v) is 4.53. The van der Waals surface area contributed by atoms with Crippen molar-refractivity contribution in [2.24, 2.45) is 0 Å². The summed E-state index contributed by atoms with van der Waals surface area (Å²) in [7, 11) is -0.977. The highest BCUT2D eigenvalue weighted by molar-refractivity contribution is 7.85. The summed E-state index contributed by atoms with van der Waals surface area (Å²) in [4.78, 5) is 0. The van der Waals surface area contributed by atoms with Gasteiger partial charge in [-0.05, 0) is 19.9 Å². The van der Waals surface area contributed by atoms with Crippen LogP contribution in [0.5, 0.6) is 0 Å². The number of benzene rings is 1. The van der Waals surface area contributed by atoms with Crippen molar-refractivity contribution in [1.82, 2.24) is 5.32 Å². The first-order valence-corrected chi connectivity index (χ1v) is 6.94. The van der Waals surface area contributed by atoms with Gasteiger partial charge in [0, 0.05) is 45.5 Å². The predicted molar refractivity (Wildman–Crippen MR) is 64.2 cm³/mol. The number of hydrogen-bond donors (Lipinski definition) is 1. The molecule has 1 aromatic carbocycles. The fraction of sp³-hybridized carbons (Fsp3) is 0.500. The molecule has 1 aliphatic heterocycles. The number of hydrogen-bond acceptors (Lipinski definition) is 2. The Labute approximate surface area is 102 Å². The van der Waals surface area contributed by atoms with Crippen molar-refractivity contribution in [3.63, 3.8) is 0 Å². The van der Waals surface area contributed by atoms with Gasteiger partial charge in [0.2, 0.25) is 0 Å². The molecule has 1 aliphatic rings. The van der Waals surface area contributed by atoms with E-state index in [1.165, 1.54) is 12.1 Å².